The van der Waals surface area contributed by atoms with Crippen molar-refractivity contribution < 1.29 is 9.34 Å². The Morgan fingerprint density at radius 1 is 1.47 bits per heavy atom. The van der Waals surface area contributed by atoms with Gasteiger partial charge in [0.2, 0.25) is 11.8 Å². The lowest BCUT2D eigenvalue weighted by Gasteiger charge is -2.01. The molecule has 0 aliphatic heterocycles. The van der Waals surface area contributed by atoms with E-state index in [1.165, 1.54) is 6.07 Å². The fourth-order valence-corrected chi connectivity index (χ4v) is 1.50. The van der Waals surface area contributed by atoms with E-state index in [1.807, 2.05) is 0 Å². The minimum Gasteiger partial charge on any atom is -0.419 e. The lowest BCUT2D eigenvalue weighted by atomic mass is 10.1. The van der Waals surface area contributed by atoms with Crippen molar-refractivity contribution in [2.45, 2.75) is 13.5 Å². The molecule has 2 N–H and O–H groups in total. The number of nitrogens with two attached hydrogens (primary N) is 1. The third-order valence-corrected chi connectivity index (χ3v) is 2.37. The summed E-state index contributed by atoms with van der Waals surface area (Å²) in [7, 11) is 0. The van der Waals surface area contributed by atoms with E-state index in [9.17, 15) is 10.1 Å². The first-order valence-corrected chi connectivity index (χ1v) is 4.90. The van der Waals surface area contributed by atoms with Crippen molar-refractivity contribution in [3.63, 3.8) is 0 Å². The Labute approximate surface area is 96.4 Å². The fraction of sp³-hybridized carbons (Fsp3) is 0.200. The molecule has 0 fully saturated rings. The molecule has 0 amide bonds. The fourth-order valence-electron chi connectivity index (χ4n) is 1.50. The van der Waals surface area contributed by atoms with Gasteiger partial charge in [0, 0.05) is 17.2 Å². The highest BCUT2D eigenvalue weighted by Crippen LogP contribution is 2.28. The molecule has 17 heavy (non-hydrogen) atoms. The molecule has 2 aromatic rings. The van der Waals surface area contributed by atoms with E-state index < -0.39 is 4.92 Å². The van der Waals surface area contributed by atoms with Gasteiger partial charge in [-0.25, -0.2) is 0 Å². The van der Waals surface area contributed by atoms with Gasteiger partial charge in [0.05, 0.1) is 11.5 Å². The van der Waals surface area contributed by atoms with Crippen molar-refractivity contribution >= 4 is 5.69 Å². The summed E-state index contributed by atoms with van der Waals surface area (Å²) in [4.78, 5) is 10.3. The van der Waals surface area contributed by atoms with E-state index in [-0.39, 0.29) is 18.1 Å². The summed E-state index contributed by atoms with van der Waals surface area (Å²) in [5.41, 5.74) is 6.41. The first-order chi connectivity index (χ1) is 8.13. The molecule has 0 unspecified atom stereocenters. The summed E-state index contributed by atoms with van der Waals surface area (Å²) in [6, 6.07) is 4.70. The molecule has 0 saturated heterocycles. The first-order valence-electron chi connectivity index (χ1n) is 4.90. The van der Waals surface area contributed by atoms with Gasteiger partial charge in [-0.1, -0.05) is 6.07 Å². The Bertz CT molecular complexity index is 564. The van der Waals surface area contributed by atoms with E-state index >= 15 is 0 Å². The number of nitro benzene ring substituents is 1. The highest BCUT2D eigenvalue weighted by molar-refractivity contribution is 5.64. The molecular formula is C10H10N4O3. The molecule has 0 bridgehead atoms. The van der Waals surface area contributed by atoms with Crippen LogP contribution in [0.3, 0.4) is 0 Å². The smallest absolute Gasteiger partial charge is 0.273 e. The summed E-state index contributed by atoms with van der Waals surface area (Å²) in [6.45, 7) is 1.78. The Morgan fingerprint density at radius 2 is 2.24 bits per heavy atom. The zero-order valence-corrected chi connectivity index (χ0v) is 9.08. The molecule has 1 aromatic heterocycles. The van der Waals surface area contributed by atoms with Crippen LogP contribution in [0.4, 0.5) is 5.69 Å². The lowest BCUT2D eigenvalue weighted by Crippen LogP contribution is -1.95. The zero-order chi connectivity index (χ0) is 12.4. The second-order valence-corrected chi connectivity index (χ2v) is 3.41. The first kappa shape index (κ1) is 11.2. The van der Waals surface area contributed by atoms with E-state index in [0.29, 0.717) is 17.0 Å². The molecule has 2 rings (SSSR count). The number of aromatic nitrogens is 2. The predicted octanol–water partition coefficient (Wildman–Crippen LogP) is 1.41. The Kier molecular flexibility index (Phi) is 2.84. The Morgan fingerprint density at radius 3 is 2.82 bits per heavy atom. The minimum atomic E-state index is -0.445. The van der Waals surface area contributed by atoms with Crippen molar-refractivity contribution in [1.82, 2.24) is 10.2 Å². The van der Waals surface area contributed by atoms with Gasteiger partial charge in [-0.15, -0.1) is 10.2 Å². The van der Waals surface area contributed by atoms with Gasteiger partial charge < -0.3 is 10.2 Å². The van der Waals surface area contributed by atoms with Crippen LogP contribution in [0.15, 0.2) is 22.6 Å². The monoisotopic (exact) mass is 234 g/mol. The molecule has 7 heteroatoms. The number of nitrogens with zero attached hydrogens (tertiary/aromatic N) is 3. The molecule has 1 heterocycles. The van der Waals surface area contributed by atoms with E-state index in [1.54, 1.807) is 19.1 Å². The summed E-state index contributed by atoms with van der Waals surface area (Å²) in [6.07, 6.45) is 0. The van der Waals surface area contributed by atoms with Gasteiger partial charge in [0.1, 0.15) is 0 Å². The van der Waals surface area contributed by atoms with Crippen molar-refractivity contribution in [2.24, 2.45) is 5.73 Å². The Hall–Kier alpha value is -2.28. The average Bonchev–Trinajstić information content (AvgIpc) is 2.77. The van der Waals surface area contributed by atoms with Gasteiger partial charge in [0.25, 0.3) is 5.69 Å². The van der Waals surface area contributed by atoms with Gasteiger partial charge in [-0.2, -0.15) is 0 Å². The molecule has 1 aromatic carbocycles. The maximum Gasteiger partial charge on any atom is 0.273 e. The normalized spacial score (nSPS) is 10.5. The van der Waals surface area contributed by atoms with Crippen LogP contribution in [-0.2, 0) is 6.54 Å². The van der Waals surface area contributed by atoms with Crippen molar-refractivity contribution in [3.8, 4) is 11.5 Å². The number of rotatable bonds is 3. The van der Waals surface area contributed by atoms with Gasteiger partial charge >= 0.3 is 0 Å². The quantitative estimate of drug-likeness (QED) is 0.635. The maximum atomic E-state index is 10.8. The van der Waals surface area contributed by atoms with Gasteiger partial charge in [0.15, 0.2) is 0 Å². The van der Waals surface area contributed by atoms with Crippen LogP contribution in [-0.4, -0.2) is 15.1 Å². The SMILES string of the molecule is Cc1c(-c2nnc(CN)o2)cccc1[N+](=O)[O-]. The highest BCUT2D eigenvalue weighted by Gasteiger charge is 2.17. The van der Waals surface area contributed by atoms with E-state index in [4.69, 9.17) is 10.2 Å². The van der Waals surface area contributed by atoms with Gasteiger partial charge in [-0.05, 0) is 13.0 Å². The Balaban J connectivity index is 2.52. The third-order valence-electron chi connectivity index (χ3n) is 2.37. The lowest BCUT2D eigenvalue weighted by molar-refractivity contribution is -0.385. The summed E-state index contributed by atoms with van der Waals surface area (Å²) in [5.74, 6) is 0.539. The topological polar surface area (TPSA) is 108 Å². The second kappa shape index (κ2) is 4.30. The molecule has 88 valence electrons. The third kappa shape index (κ3) is 2.00. The maximum absolute atomic E-state index is 10.8. The van der Waals surface area contributed by atoms with E-state index in [0.717, 1.165) is 0 Å². The molecule has 0 spiro atoms. The standard InChI is InChI=1S/C10H10N4O3/c1-6-7(3-2-4-8(6)14(15)16)10-13-12-9(5-11)17-10/h2-4H,5,11H2,1H3. The van der Waals surface area contributed by atoms with Crippen LogP contribution < -0.4 is 5.73 Å². The molecule has 0 radical (unpaired) electrons. The number of nitro groups is 1. The number of hydrogen-bond acceptors (Lipinski definition) is 6. The van der Waals surface area contributed by atoms with Crippen molar-refractivity contribution in [2.75, 3.05) is 0 Å². The van der Waals surface area contributed by atoms with E-state index in [2.05, 4.69) is 10.2 Å². The molecule has 0 saturated carbocycles. The highest BCUT2D eigenvalue weighted by atomic mass is 16.6. The average molecular weight is 234 g/mol. The van der Waals surface area contributed by atoms with Crippen LogP contribution >= 0.6 is 0 Å². The number of benzene rings is 1. The van der Waals surface area contributed by atoms with Crippen LogP contribution in [0.25, 0.3) is 11.5 Å². The summed E-state index contributed by atoms with van der Waals surface area (Å²) in [5, 5.41) is 18.3. The molecule has 0 aliphatic rings. The minimum absolute atomic E-state index is 0.0231. The van der Waals surface area contributed by atoms with Crippen LogP contribution in [0.1, 0.15) is 11.5 Å². The molecule has 7 nitrogen and oxygen atoms in total. The van der Waals surface area contributed by atoms with Crippen LogP contribution in [0.5, 0.6) is 0 Å². The molecule has 0 aliphatic carbocycles. The summed E-state index contributed by atoms with van der Waals surface area (Å²) >= 11 is 0. The molecule has 0 atom stereocenters. The molecular weight excluding hydrogens is 224 g/mol. The second-order valence-electron chi connectivity index (χ2n) is 3.41. The van der Waals surface area contributed by atoms with Crippen LogP contribution in [0.2, 0.25) is 0 Å². The summed E-state index contributed by atoms with van der Waals surface area (Å²) < 4.78 is 5.26. The number of hydrogen-bond donors (Lipinski definition) is 1. The van der Waals surface area contributed by atoms with Crippen molar-refractivity contribution in [1.29, 1.82) is 0 Å². The van der Waals surface area contributed by atoms with Gasteiger partial charge in [-0.3, -0.25) is 10.1 Å². The van der Waals surface area contributed by atoms with Crippen LogP contribution in [0, 0.1) is 17.0 Å². The zero-order valence-electron chi connectivity index (χ0n) is 9.08. The predicted molar refractivity (Wildman–Crippen MR) is 59.0 cm³/mol. The van der Waals surface area contributed by atoms with Crippen molar-refractivity contribution in [3.05, 3.63) is 39.8 Å². The largest absolute Gasteiger partial charge is 0.419 e.